The van der Waals surface area contributed by atoms with Gasteiger partial charge in [0.15, 0.2) is 11.5 Å². The molecule has 0 atom stereocenters. The zero-order valence-electron chi connectivity index (χ0n) is 18.8. The highest BCUT2D eigenvalue weighted by Gasteiger charge is 2.15. The van der Waals surface area contributed by atoms with Gasteiger partial charge < -0.3 is 9.47 Å². The molecule has 1 amide bonds. The van der Waals surface area contributed by atoms with Crippen LogP contribution in [-0.4, -0.2) is 23.7 Å². The number of amides is 1. The second kappa shape index (κ2) is 11.8. The van der Waals surface area contributed by atoms with Crippen LogP contribution in [0.4, 0.5) is 5.69 Å². The van der Waals surface area contributed by atoms with Crippen molar-refractivity contribution in [3.05, 3.63) is 98.1 Å². The van der Waals surface area contributed by atoms with Gasteiger partial charge in [0.25, 0.3) is 5.69 Å². The molecule has 0 aliphatic carbocycles. The second-order valence-corrected chi connectivity index (χ2v) is 7.80. The van der Waals surface area contributed by atoms with Gasteiger partial charge in [0, 0.05) is 11.6 Å². The summed E-state index contributed by atoms with van der Waals surface area (Å²) in [6, 6.07) is 17.4. The van der Waals surface area contributed by atoms with Gasteiger partial charge in [-0.2, -0.15) is 5.10 Å². The van der Waals surface area contributed by atoms with E-state index in [2.05, 4.69) is 10.5 Å². The van der Waals surface area contributed by atoms with Crippen LogP contribution in [0, 0.1) is 17.0 Å². The molecule has 3 aromatic carbocycles. The van der Waals surface area contributed by atoms with Crippen molar-refractivity contribution in [2.45, 2.75) is 26.9 Å². The van der Waals surface area contributed by atoms with Crippen LogP contribution in [0.1, 0.15) is 29.2 Å². The maximum absolute atomic E-state index is 12.2. The zero-order chi connectivity index (χ0) is 24.5. The average Bonchev–Trinajstić information content (AvgIpc) is 2.79. The van der Waals surface area contributed by atoms with Gasteiger partial charge in [-0.05, 0) is 37.1 Å². The molecule has 3 rings (SSSR count). The van der Waals surface area contributed by atoms with E-state index in [1.54, 1.807) is 24.3 Å². The van der Waals surface area contributed by atoms with Gasteiger partial charge in [-0.25, -0.2) is 5.43 Å². The van der Waals surface area contributed by atoms with Crippen LogP contribution in [-0.2, 0) is 17.8 Å². The Morgan fingerprint density at radius 3 is 2.68 bits per heavy atom. The Morgan fingerprint density at radius 1 is 1.15 bits per heavy atom. The monoisotopic (exact) mass is 481 g/mol. The minimum Gasteiger partial charge on any atom is -0.490 e. The number of nitro groups is 1. The molecule has 0 aromatic heterocycles. The molecule has 176 valence electrons. The van der Waals surface area contributed by atoms with Gasteiger partial charge in [0.1, 0.15) is 6.61 Å². The Balaban J connectivity index is 1.68. The summed E-state index contributed by atoms with van der Waals surface area (Å²) >= 11 is 6.45. The summed E-state index contributed by atoms with van der Waals surface area (Å²) in [4.78, 5) is 22.8. The lowest BCUT2D eigenvalue weighted by molar-refractivity contribution is -0.385. The topological polar surface area (TPSA) is 103 Å². The molecule has 0 aliphatic heterocycles. The standard InChI is InChI=1S/C25H24ClN3O5/c1-3-33-23-13-19(12-21(26)25(23)34-16-18-8-6-7-17(2)11-18)15-27-28-24(30)14-20-9-4-5-10-22(20)29(31)32/h4-13,15H,3,14,16H2,1-2H3,(H,28,30). The van der Waals surface area contributed by atoms with Gasteiger partial charge in [-0.1, -0.05) is 59.6 Å². The second-order valence-electron chi connectivity index (χ2n) is 7.40. The van der Waals surface area contributed by atoms with Gasteiger partial charge in [0.2, 0.25) is 5.91 Å². The maximum atomic E-state index is 12.2. The highest BCUT2D eigenvalue weighted by molar-refractivity contribution is 6.32. The first-order valence-corrected chi connectivity index (χ1v) is 10.9. The molecule has 0 saturated carbocycles. The number of nitro benzene ring substituents is 1. The molecule has 0 fully saturated rings. The highest BCUT2D eigenvalue weighted by Crippen LogP contribution is 2.37. The minimum absolute atomic E-state index is 0.115. The number of carbonyl (C=O) groups is 1. The van der Waals surface area contributed by atoms with Crippen LogP contribution >= 0.6 is 11.6 Å². The van der Waals surface area contributed by atoms with E-state index in [0.717, 1.165) is 11.1 Å². The molecule has 3 aromatic rings. The van der Waals surface area contributed by atoms with E-state index < -0.39 is 10.8 Å². The van der Waals surface area contributed by atoms with E-state index in [9.17, 15) is 14.9 Å². The molecular formula is C25H24ClN3O5. The molecule has 0 aliphatic rings. The summed E-state index contributed by atoms with van der Waals surface area (Å²) in [5.41, 5.74) is 5.29. The number of hydrogen-bond acceptors (Lipinski definition) is 6. The first kappa shape index (κ1) is 24.7. The Hall–Kier alpha value is -3.91. The highest BCUT2D eigenvalue weighted by atomic mass is 35.5. The van der Waals surface area contributed by atoms with E-state index in [-0.39, 0.29) is 12.1 Å². The van der Waals surface area contributed by atoms with E-state index in [1.807, 2.05) is 38.1 Å². The lowest BCUT2D eigenvalue weighted by Crippen LogP contribution is -2.20. The first-order valence-electron chi connectivity index (χ1n) is 10.6. The number of halogens is 1. The fourth-order valence-corrected chi connectivity index (χ4v) is 3.53. The normalized spacial score (nSPS) is 10.8. The molecule has 0 saturated heterocycles. The lowest BCUT2D eigenvalue weighted by atomic mass is 10.1. The largest absolute Gasteiger partial charge is 0.490 e. The Kier molecular flexibility index (Phi) is 8.59. The van der Waals surface area contributed by atoms with E-state index in [4.69, 9.17) is 21.1 Å². The van der Waals surface area contributed by atoms with Crippen molar-refractivity contribution >= 4 is 29.4 Å². The third-order valence-electron chi connectivity index (χ3n) is 4.74. The number of carbonyl (C=O) groups excluding carboxylic acids is 1. The van der Waals surface area contributed by atoms with Crippen LogP contribution in [0.15, 0.2) is 65.8 Å². The van der Waals surface area contributed by atoms with Gasteiger partial charge in [-0.3, -0.25) is 14.9 Å². The van der Waals surface area contributed by atoms with Crippen molar-refractivity contribution in [2.24, 2.45) is 5.10 Å². The number of hydrogen-bond donors (Lipinski definition) is 1. The van der Waals surface area contributed by atoms with Crippen molar-refractivity contribution in [3.8, 4) is 11.5 Å². The molecule has 0 unspecified atom stereocenters. The average molecular weight is 482 g/mol. The molecule has 0 heterocycles. The van der Waals surface area contributed by atoms with Crippen LogP contribution < -0.4 is 14.9 Å². The number of rotatable bonds is 10. The van der Waals surface area contributed by atoms with E-state index in [0.29, 0.717) is 40.9 Å². The van der Waals surface area contributed by atoms with Crippen molar-refractivity contribution in [2.75, 3.05) is 6.61 Å². The number of nitrogens with one attached hydrogen (secondary N) is 1. The van der Waals surface area contributed by atoms with Crippen LogP contribution in [0.5, 0.6) is 11.5 Å². The summed E-state index contributed by atoms with van der Waals surface area (Å²) < 4.78 is 11.6. The fraction of sp³-hybridized carbons (Fsp3) is 0.200. The van der Waals surface area contributed by atoms with Crippen LogP contribution in [0.2, 0.25) is 5.02 Å². The number of ether oxygens (including phenoxy) is 2. The fourth-order valence-electron chi connectivity index (χ4n) is 3.25. The number of hydrazone groups is 1. The number of aryl methyl sites for hydroxylation is 1. The number of benzene rings is 3. The van der Waals surface area contributed by atoms with Gasteiger partial charge >= 0.3 is 0 Å². The van der Waals surface area contributed by atoms with Crippen molar-refractivity contribution in [3.63, 3.8) is 0 Å². The van der Waals surface area contributed by atoms with Crippen LogP contribution in [0.25, 0.3) is 0 Å². The summed E-state index contributed by atoms with van der Waals surface area (Å²) in [5, 5.41) is 15.4. The SMILES string of the molecule is CCOc1cc(C=NNC(=O)Cc2ccccc2[N+](=O)[O-])cc(Cl)c1OCc1cccc(C)c1. The summed E-state index contributed by atoms with van der Waals surface area (Å²) in [6.07, 6.45) is 1.24. The molecule has 0 bridgehead atoms. The molecule has 34 heavy (non-hydrogen) atoms. The molecule has 1 N–H and O–H groups in total. The predicted molar refractivity (Wildman–Crippen MR) is 131 cm³/mol. The smallest absolute Gasteiger partial charge is 0.273 e. The lowest BCUT2D eigenvalue weighted by Gasteiger charge is -2.14. The van der Waals surface area contributed by atoms with Crippen molar-refractivity contribution < 1.29 is 19.2 Å². The molecule has 9 heteroatoms. The maximum Gasteiger partial charge on any atom is 0.273 e. The Labute approximate surface area is 202 Å². The van der Waals surface area contributed by atoms with E-state index in [1.165, 1.54) is 18.3 Å². The predicted octanol–water partition coefficient (Wildman–Crippen LogP) is 5.23. The van der Waals surface area contributed by atoms with Crippen molar-refractivity contribution in [1.29, 1.82) is 0 Å². The number of para-hydroxylation sites is 1. The molecule has 0 spiro atoms. The van der Waals surface area contributed by atoms with Gasteiger partial charge in [-0.15, -0.1) is 0 Å². The Bertz CT molecular complexity index is 1210. The molecule has 8 nitrogen and oxygen atoms in total. The summed E-state index contributed by atoms with van der Waals surface area (Å²) in [6.45, 7) is 4.60. The third-order valence-corrected chi connectivity index (χ3v) is 5.02. The zero-order valence-corrected chi connectivity index (χ0v) is 19.5. The Morgan fingerprint density at radius 2 is 1.94 bits per heavy atom. The number of nitrogens with zero attached hydrogens (tertiary/aromatic N) is 2. The molecular weight excluding hydrogens is 458 g/mol. The minimum atomic E-state index is -0.522. The first-order chi connectivity index (χ1) is 16.4. The van der Waals surface area contributed by atoms with Crippen molar-refractivity contribution in [1.82, 2.24) is 5.43 Å². The molecule has 0 radical (unpaired) electrons. The van der Waals surface area contributed by atoms with Gasteiger partial charge in [0.05, 0.1) is 29.2 Å². The van der Waals surface area contributed by atoms with E-state index >= 15 is 0 Å². The quantitative estimate of drug-likeness (QED) is 0.243. The third kappa shape index (κ3) is 6.79. The summed E-state index contributed by atoms with van der Waals surface area (Å²) in [7, 11) is 0. The van der Waals surface area contributed by atoms with Crippen LogP contribution in [0.3, 0.4) is 0 Å². The summed E-state index contributed by atoms with van der Waals surface area (Å²) in [5.74, 6) is 0.387.